The highest BCUT2D eigenvalue weighted by Gasteiger charge is 2.19. The minimum atomic E-state index is 0.902. The molecule has 1 rings (SSSR count). The molecule has 0 bridgehead atoms. The average molecular weight is 211 g/mol. The summed E-state index contributed by atoms with van der Waals surface area (Å²) in [6, 6.07) is 0. The van der Waals surface area contributed by atoms with Gasteiger partial charge in [-0.05, 0) is 44.2 Å². The molecule has 2 atom stereocenters. The molecule has 0 amide bonds. The Labute approximate surface area is 96.2 Å². The topological polar surface area (TPSA) is 3.24 Å². The van der Waals surface area contributed by atoms with Crippen LogP contribution < -0.4 is 0 Å². The third kappa shape index (κ3) is 5.01. The molecule has 1 heterocycles. The number of nitrogens with zero attached hydrogens (tertiary/aromatic N) is 1. The van der Waals surface area contributed by atoms with Crippen molar-refractivity contribution in [3.63, 3.8) is 0 Å². The molecule has 1 heteroatoms. The molecule has 1 fully saturated rings. The molecule has 15 heavy (non-hydrogen) atoms. The lowest BCUT2D eigenvalue weighted by Gasteiger charge is -2.23. The van der Waals surface area contributed by atoms with Crippen LogP contribution in [0.3, 0.4) is 0 Å². The lowest BCUT2D eigenvalue weighted by Crippen LogP contribution is -2.29. The van der Waals surface area contributed by atoms with E-state index in [0.29, 0.717) is 0 Å². The Morgan fingerprint density at radius 2 is 1.87 bits per heavy atom. The van der Waals surface area contributed by atoms with Gasteiger partial charge in [0.25, 0.3) is 0 Å². The monoisotopic (exact) mass is 211 g/mol. The fraction of sp³-hybridized carbons (Fsp3) is 1.00. The fourth-order valence-corrected chi connectivity index (χ4v) is 2.57. The van der Waals surface area contributed by atoms with Gasteiger partial charge in [0.2, 0.25) is 0 Å². The number of unbranched alkanes of at least 4 members (excludes halogenated alkanes) is 3. The van der Waals surface area contributed by atoms with Crippen LogP contribution in [0, 0.1) is 11.8 Å². The van der Waals surface area contributed by atoms with E-state index in [0.717, 1.165) is 11.8 Å². The zero-order chi connectivity index (χ0) is 11.1. The second-order valence-electron chi connectivity index (χ2n) is 5.46. The highest BCUT2D eigenvalue weighted by Crippen LogP contribution is 2.22. The van der Waals surface area contributed by atoms with E-state index >= 15 is 0 Å². The maximum Gasteiger partial charge on any atom is 0.000956 e. The van der Waals surface area contributed by atoms with Crippen LogP contribution in [-0.2, 0) is 0 Å². The molecule has 90 valence electrons. The third-order valence-electron chi connectivity index (χ3n) is 3.98. The molecular formula is C14H29N. The molecule has 1 aliphatic rings. The SMILES string of the molecule is CCCCCCN1CCCC(C)C(C)C1. The quantitative estimate of drug-likeness (QED) is 0.623. The Morgan fingerprint density at radius 1 is 1.07 bits per heavy atom. The summed E-state index contributed by atoms with van der Waals surface area (Å²) in [6.07, 6.45) is 8.46. The Kier molecular flexibility index (Phi) is 6.31. The van der Waals surface area contributed by atoms with Gasteiger partial charge in [0.15, 0.2) is 0 Å². The summed E-state index contributed by atoms with van der Waals surface area (Å²) in [5, 5.41) is 0. The van der Waals surface area contributed by atoms with E-state index < -0.39 is 0 Å². The van der Waals surface area contributed by atoms with Gasteiger partial charge in [-0.15, -0.1) is 0 Å². The van der Waals surface area contributed by atoms with Crippen LogP contribution in [0.1, 0.15) is 59.3 Å². The fourth-order valence-electron chi connectivity index (χ4n) is 2.57. The predicted octanol–water partition coefficient (Wildman–Crippen LogP) is 3.93. The largest absolute Gasteiger partial charge is 0.303 e. The maximum absolute atomic E-state index is 2.70. The Bertz CT molecular complexity index is 155. The Hall–Kier alpha value is -0.0400. The van der Waals surface area contributed by atoms with Crippen molar-refractivity contribution in [3.8, 4) is 0 Å². The average Bonchev–Trinajstić information content (AvgIpc) is 2.37. The van der Waals surface area contributed by atoms with E-state index in [4.69, 9.17) is 0 Å². The van der Waals surface area contributed by atoms with Crippen LogP contribution in [0.25, 0.3) is 0 Å². The van der Waals surface area contributed by atoms with Crippen LogP contribution in [-0.4, -0.2) is 24.5 Å². The molecule has 0 aromatic carbocycles. The smallest absolute Gasteiger partial charge is 0.000956 e. The maximum atomic E-state index is 2.70. The van der Waals surface area contributed by atoms with E-state index in [9.17, 15) is 0 Å². The van der Waals surface area contributed by atoms with Crippen LogP contribution in [0.4, 0.5) is 0 Å². The molecule has 1 aliphatic heterocycles. The Morgan fingerprint density at radius 3 is 2.60 bits per heavy atom. The van der Waals surface area contributed by atoms with Gasteiger partial charge in [-0.2, -0.15) is 0 Å². The van der Waals surface area contributed by atoms with Crippen molar-refractivity contribution in [3.05, 3.63) is 0 Å². The van der Waals surface area contributed by atoms with E-state index in [-0.39, 0.29) is 0 Å². The molecule has 0 aromatic heterocycles. The molecule has 0 radical (unpaired) electrons. The van der Waals surface area contributed by atoms with Gasteiger partial charge in [-0.25, -0.2) is 0 Å². The van der Waals surface area contributed by atoms with Gasteiger partial charge in [0.1, 0.15) is 0 Å². The van der Waals surface area contributed by atoms with Crippen LogP contribution in [0.2, 0.25) is 0 Å². The van der Waals surface area contributed by atoms with E-state index in [1.807, 2.05) is 0 Å². The van der Waals surface area contributed by atoms with Gasteiger partial charge in [0, 0.05) is 6.54 Å². The molecule has 0 aromatic rings. The highest BCUT2D eigenvalue weighted by molar-refractivity contribution is 4.72. The molecule has 0 spiro atoms. The van der Waals surface area contributed by atoms with Crippen molar-refractivity contribution in [2.24, 2.45) is 11.8 Å². The number of hydrogen-bond donors (Lipinski definition) is 0. The minimum Gasteiger partial charge on any atom is -0.303 e. The van der Waals surface area contributed by atoms with Gasteiger partial charge in [-0.1, -0.05) is 40.0 Å². The third-order valence-corrected chi connectivity index (χ3v) is 3.98. The van der Waals surface area contributed by atoms with Crippen molar-refractivity contribution in [2.75, 3.05) is 19.6 Å². The molecular weight excluding hydrogens is 182 g/mol. The first kappa shape index (κ1) is 13.0. The van der Waals surface area contributed by atoms with Crippen molar-refractivity contribution >= 4 is 0 Å². The number of hydrogen-bond acceptors (Lipinski definition) is 1. The van der Waals surface area contributed by atoms with Gasteiger partial charge in [0.05, 0.1) is 0 Å². The molecule has 1 nitrogen and oxygen atoms in total. The summed E-state index contributed by atoms with van der Waals surface area (Å²) in [6.45, 7) is 11.2. The molecule has 1 saturated heterocycles. The lowest BCUT2D eigenvalue weighted by molar-refractivity contribution is 0.235. The van der Waals surface area contributed by atoms with Crippen molar-refractivity contribution in [2.45, 2.75) is 59.3 Å². The summed E-state index contributed by atoms with van der Waals surface area (Å²) in [4.78, 5) is 2.70. The minimum absolute atomic E-state index is 0.902. The van der Waals surface area contributed by atoms with E-state index in [2.05, 4.69) is 25.7 Å². The predicted molar refractivity (Wildman–Crippen MR) is 68.1 cm³/mol. The Balaban J connectivity index is 2.17. The van der Waals surface area contributed by atoms with Crippen molar-refractivity contribution in [1.82, 2.24) is 4.90 Å². The van der Waals surface area contributed by atoms with Crippen LogP contribution in [0.15, 0.2) is 0 Å². The molecule has 0 N–H and O–H groups in total. The zero-order valence-electron chi connectivity index (χ0n) is 11.0. The lowest BCUT2D eigenvalue weighted by atomic mass is 9.93. The second kappa shape index (κ2) is 7.27. The highest BCUT2D eigenvalue weighted by atomic mass is 15.1. The summed E-state index contributed by atoms with van der Waals surface area (Å²) in [5.41, 5.74) is 0. The van der Waals surface area contributed by atoms with Crippen molar-refractivity contribution < 1.29 is 0 Å². The van der Waals surface area contributed by atoms with Gasteiger partial charge in [-0.3, -0.25) is 0 Å². The first-order chi connectivity index (χ1) is 7.24. The van der Waals surface area contributed by atoms with Crippen molar-refractivity contribution in [1.29, 1.82) is 0 Å². The summed E-state index contributed by atoms with van der Waals surface area (Å²) in [5.74, 6) is 1.84. The van der Waals surface area contributed by atoms with E-state index in [1.54, 1.807) is 0 Å². The summed E-state index contributed by atoms with van der Waals surface area (Å²) in [7, 11) is 0. The first-order valence-corrected chi connectivity index (χ1v) is 6.96. The second-order valence-corrected chi connectivity index (χ2v) is 5.46. The zero-order valence-corrected chi connectivity index (χ0v) is 11.0. The first-order valence-electron chi connectivity index (χ1n) is 6.96. The standard InChI is InChI=1S/C14H29N/c1-4-5-6-7-10-15-11-8-9-13(2)14(3)12-15/h13-14H,4-12H2,1-3H3. The molecule has 0 saturated carbocycles. The summed E-state index contributed by atoms with van der Waals surface area (Å²) >= 11 is 0. The van der Waals surface area contributed by atoms with Gasteiger partial charge < -0.3 is 4.90 Å². The van der Waals surface area contributed by atoms with Gasteiger partial charge >= 0.3 is 0 Å². The molecule has 0 aliphatic carbocycles. The number of rotatable bonds is 5. The normalized spacial score (nSPS) is 29.0. The summed E-state index contributed by atoms with van der Waals surface area (Å²) < 4.78 is 0. The van der Waals surface area contributed by atoms with E-state index in [1.165, 1.54) is 58.2 Å². The van der Waals surface area contributed by atoms with Crippen LogP contribution >= 0.6 is 0 Å². The number of likely N-dealkylation sites (tertiary alicyclic amines) is 1. The molecule has 2 unspecified atom stereocenters. The van der Waals surface area contributed by atoms with Crippen LogP contribution in [0.5, 0.6) is 0 Å².